The first-order chi connectivity index (χ1) is 11.1. The van der Waals surface area contributed by atoms with Crippen molar-refractivity contribution in [3.8, 4) is 5.75 Å². The zero-order chi connectivity index (χ0) is 16.4. The van der Waals surface area contributed by atoms with Crippen LogP contribution in [0.5, 0.6) is 5.75 Å². The van der Waals surface area contributed by atoms with Crippen molar-refractivity contribution >= 4 is 22.6 Å². The number of H-pyrrole nitrogens is 1. The second-order valence-electron chi connectivity index (χ2n) is 5.26. The Hall–Kier alpha value is -3.08. The smallest absolute Gasteiger partial charge is 0.248 e. The van der Waals surface area contributed by atoms with Crippen molar-refractivity contribution in [2.24, 2.45) is 5.73 Å². The van der Waals surface area contributed by atoms with Crippen LogP contribution in [0.3, 0.4) is 0 Å². The summed E-state index contributed by atoms with van der Waals surface area (Å²) in [6.07, 6.45) is 1.05. The Morgan fingerprint density at radius 3 is 2.48 bits per heavy atom. The van der Waals surface area contributed by atoms with Gasteiger partial charge in [0.2, 0.25) is 11.7 Å². The molecule has 0 radical (unpaired) electrons. The van der Waals surface area contributed by atoms with E-state index < -0.39 is 12.0 Å². The predicted octanol–water partition coefficient (Wildman–Crippen LogP) is 2.92. The van der Waals surface area contributed by atoms with Crippen molar-refractivity contribution in [1.29, 1.82) is 0 Å². The summed E-state index contributed by atoms with van der Waals surface area (Å²) in [5, 5.41) is 0.872. The number of aromatic amines is 1. The van der Waals surface area contributed by atoms with E-state index in [0.717, 1.165) is 10.9 Å². The van der Waals surface area contributed by atoms with Crippen molar-refractivity contribution in [2.75, 3.05) is 0 Å². The molecule has 0 unspecified atom stereocenters. The topological polar surface area (TPSA) is 85.2 Å². The maximum absolute atomic E-state index is 12.6. The zero-order valence-corrected chi connectivity index (χ0v) is 12.6. The van der Waals surface area contributed by atoms with Gasteiger partial charge in [-0.3, -0.25) is 9.59 Å². The molecule has 3 N–H and O–H groups in total. The highest BCUT2D eigenvalue weighted by Gasteiger charge is 2.20. The van der Waals surface area contributed by atoms with Crippen LogP contribution in [-0.2, 0) is 0 Å². The van der Waals surface area contributed by atoms with Crippen molar-refractivity contribution in [3.05, 3.63) is 65.9 Å². The highest BCUT2D eigenvalue weighted by Crippen LogP contribution is 2.21. The summed E-state index contributed by atoms with van der Waals surface area (Å²) in [4.78, 5) is 26.7. The summed E-state index contributed by atoms with van der Waals surface area (Å²) >= 11 is 0. The van der Waals surface area contributed by atoms with E-state index in [2.05, 4.69) is 4.98 Å². The number of primary amides is 1. The largest absolute Gasteiger partial charge is 0.483 e. The maximum atomic E-state index is 12.6. The Balaban J connectivity index is 1.78. The van der Waals surface area contributed by atoms with Crippen LogP contribution in [0.1, 0.15) is 27.6 Å². The quantitative estimate of drug-likeness (QED) is 0.711. The van der Waals surface area contributed by atoms with E-state index in [-0.39, 0.29) is 5.78 Å². The Labute approximate surface area is 133 Å². The molecule has 0 bridgehead atoms. The lowest BCUT2D eigenvalue weighted by atomic mass is 10.1. The van der Waals surface area contributed by atoms with E-state index in [1.807, 2.05) is 24.3 Å². The van der Waals surface area contributed by atoms with Crippen LogP contribution >= 0.6 is 0 Å². The number of fused-ring (bicyclic) bond motifs is 1. The zero-order valence-electron chi connectivity index (χ0n) is 12.6. The van der Waals surface area contributed by atoms with Crippen LogP contribution in [0.25, 0.3) is 10.9 Å². The number of carbonyl (C=O) groups excluding carboxylic acids is 2. The second-order valence-corrected chi connectivity index (χ2v) is 5.26. The van der Waals surface area contributed by atoms with Crippen LogP contribution in [0.2, 0.25) is 0 Å². The number of carbonyl (C=O) groups is 2. The van der Waals surface area contributed by atoms with Crippen LogP contribution in [-0.4, -0.2) is 22.8 Å². The highest BCUT2D eigenvalue weighted by molar-refractivity contribution is 6.09. The number of nitrogens with two attached hydrogens (primary N) is 1. The summed E-state index contributed by atoms with van der Waals surface area (Å²) in [5.74, 6) is -0.100. The van der Waals surface area contributed by atoms with E-state index in [0.29, 0.717) is 16.9 Å². The molecule has 1 aromatic heterocycles. The SMILES string of the molecule is C[C@@H](Oc1ccc(C(N)=O)cc1)C(=O)c1c[nH]c2ccccc12. The molecule has 1 heterocycles. The number of ketones is 1. The Bertz CT molecular complexity index is 865. The van der Waals surface area contributed by atoms with Gasteiger partial charge in [-0.05, 0) is 37.3 Å². The molecule has 3 aromatic rings. The Morgan fingerprint density at radius 2 is 1.78 bits per heavy atom. The molecule has 0 aliphatic heterocycles. The number of benzene rings is 2. The molecule has 2 aromatic carbocycles. The molecule has 5 heteroatoms. The number of aromatic nitrogens is 1. The van der Waals surface area contributed by atoms with Crippen LogP contribution < -0.4 is 10.5 Å². The Kier molecular flexibility index (Phi) is 3.85. The minimum atomic E-state index is -0.645. The fraction of sp³-hybridized carbons (Fsp3) is 0.111. The van der Waals surface area contributed by atoms with Crippen LogP contribution in [0.4, 0.5) is 0 Å². The van der Waals surface area contributed by atoms with E-state index in [4.69, 9.17) is 10.5 Å². The number of hydrogen-bond acceptors (Lipinski definition) is 3. The lowest BCUT2D eigenvalue weighted by molar-refractivity contribution is 0.0819. The van der Waals surface area contributed by atoms with Crippen LogP contribution in [0.15, 0.2) is 54.7 Å². The van der Waals surface area contributed by atoms with Gasteiger partial charge in [-0.15, -0.1) is 0 Å². The van der Waals surface area contributed by atoms with Crippen molar-refractivity contribution < 1.29 is 14.3 Å². The molecule has 0 spiro atoms. The molecule has 0 fully saturated rings. The van der Waals surface area contributed by atoms with Gasteiger partial charge in [-0.25, -0.2) is 0 Å². The molecule has 0 saturated heterocycles. The molecule has 0 aliphatic rings. The molecule has 0 aliphatic carbocycles. The maximum Gasteiger partial charge on any atom is 0.248 e. The summed E-state index contributed by atoms with van der Waals surface area (Å²) in [5.41, 5.74) is 7.10. The molecular weight excluding hydrogens is 292 g/mol. The molecular formula is C18H16N2O3. The van der Waals surface area contributed by atoms with Gasteiger partial charge in [0.15, 0.2) is 6.10 Å². The molecule has 3 rings (SSSR count). The lowest BCUT2D eigenvalue weighted by Crippen LogP contribution is -2.23. The van der Waals surface area contributed by atoms with E-state index in [1.165, 1.54) is 0 Å². The standard InChI is InChI=1S/C18H16N2O3/c1-11(23-13-8-6-12(7-9-13)18(19)22)17(21)15-10-20-16-5-3-2-4-14(15)16/h2-11,20H,1H3,(H2,19,22)/t11-/m1/s1. The third-order valence-corrected chi connectivity index (χ3v) is 3.68. The van der Waals surface area contributed by atoms with Crippen LogP contribution in [0, 0.1) is 0 Å². The third-order valence-electron chi connectivity index (χ3n) is 3.68. The number of amides is 1. The number of para-hydroxylation sites is 1. The molecule has 23 heavy (non-hydrogen) atoms. The number of rotatable bonds is 5. The first-order valence-corrected chi connectivity index (χ1v) is 7.23. The average molecular weight is 308 g/mol. The van der Waals surface area contributed by atoms with E-state index in [9.17, 15) is 9.59 Å². The summed E-state index contributed by atoms with van der Waals surface area (Å²) < 4.78 is 5.67. The number of Topliss-reactive ketones (excluding diaryl/α,β-unsaturated/α-hetero) is 1. The van der Waals surface area contributed by atoms with Gasteiger partial charge in [0.25, 0.3) is 0 Å². The minimum Gasteiger partial charge on any atom is -0.483 e. The first kappa shape index (κ1) is 14.8. The van der Waals surface area contributed by atoms with Crippen molar-refractivity contribution in [1.82, 2.24) is 4.98 Å². The summed E-state index contributed by atoms with van der Waals surface area (Å²) in [6.45, 7) is 1.70. The molecule has 116 valence electrons. The molecule has 5 nitrogen and oxygen atoms in total. The fourth-order valence-corrected chi connectivity index (χ4v) is 2.45. The van der Waals surface area contributed by atoms with Gasteiger partial charge in [0.1, 0.15) is 5.75 Å². The third kappa shape index (κ3) is 2.94. The predicted molar refractivity (Wildman–Crippen MR) is 87.7 cm³/mol. The normalized spacial score (nSPS) is 12.0. The minimum absolute atomic E-state index is 0.110. The summed E-state index contributed by atoms with van der Waals surface area (Å²) in [6, 6.07) is 14.0. The van der Waals surface area contributed by atoms with Gasteiger partial charge in [0, 0.05) is 28.2 Å². The number of nitrogens with one attached hydrogen (secondary N) is 1. The molecule has 0 saturated carbocycles. The average Bonchev–Trinajstić information content (AvgIpc) is 2.98. The Morgan fingerprint density at radius 1 is 1.09 bits per heavy atom. The summed E-state index contributed by atoms with van der Waals surface area (Å²) in [7, 11) is 0. The van der Waals surface area contributed by atoms with Crippen molar-refractivity contribution in [2.45, 2.75) is 13.0 Å². The van der Waals surface area contributed by atoms with Crippen molar-refractivity contribution in [3.63, 3.8) is 0 Å². The number of hydrogen-bond donors (Lipinski definition) is 2. The van der Waals surface area contributed by atoms with E-state index in [1.54, 1.807) is 37.4 Å². The molecule has 1 atom stereocenters. The van der Waals surface area contributed by atoms with Gasteiger partial charge >= 0.3 is 0 Å². The monoisotopic (exact) mass is 308 g/mol. The second kappa shape index (κ2) is 5.96. The first-order valence-electron chi connectivity index (χ1n) is 7.23. The number of ether oxygens (including phenoxy) is 1. The van der Waals surface area contributed by atoms with Gasteiger partial charge in [0.05, 0.1) is 0 Å². The van der Waals surface area contributed by atoms with Gasteiger partial charge in [-0.2, -0.15) is 0 Å². The van der Waals surface area contributed by atoms with Gasteiger partial charge in [-0.1, -0.05) is 18.2 Å². The van der Waals surface area contributed by atoms with Gasteiger partial charge < -0.3 is 15.5 Å². The van der Waals surface area contributed by atoms with E-state index >= 15 is 0 Å². The molecule has 1 amide bonds. The fourth-order valence-electron chi connectivity index (χ4n) is 2.45. The lowest BCUT2D eigenvalue weighted by Gasteiger charge is -2.13. The highest BCUT2D eigenvalue weighted by atomic mass is 16.5.